The average molecular weight is 589 g/mol. The lowest BCUT2D eigenvalue weighted by Crippen LogP contribution is -2.57. The molecule has 9 heteroatoms. The zero-order valence-corrected chi connectivity index (χ0v) is 24.0. The third-order valence-electron chi connectivity index (χ3n) is 8.13. The van der Waals surface area contributed by atoms with Crippen molar-refractivity contribution in [1.82, 2.24) is 9.80 Å². The van der Waals surface area contributed by atoms with Crippen LogP contribution in [0.15, 0.2) is 43.5 Å². The molecule has 1 aromatic rings. The van der Waals surface area contributed by atoms with E-state index in [1.54, 1.807) is 33.9 Å². The first kappa shape index (κ1) is 28.5. The van der Waals surface area contributed by atoms with Gasteiger partial charge in [0, 0.05) is 43.8 Å². The van der Waals surface area contributed by atoms with Crippen LogP contribution >= 0.6 is 15.9 Å². The van der Waals surface area contributed by atoms with Crippen LogP contribution < -0.4 is 4.90 Å². The fourth-order valence-electron chi connectivity index (χ4n) is 6.46. The second kappa shape index (κ2) is 11.3. The van der Waals surface area contributed by atoms with Crippen LogP contribution in [0.2, 0.25) is 0 Å². The molecule has 206 valence electrons. The van der Waals surface area contributed by atoms with Crippen LogP contribution in [0.1, 0.15) is 30.4 Å². The minimum Gasteiger partial charge on any atom is -0.396 e. The molecule has 3 amide bonds. The number of halogens is 1. The number of alkyl halides is 1. The van der Waals surface area contributed by atoms with Gasteiger partial charge >= 0.3 is 0 Å². The van der Waals surface area contributed by atoms with Gasteiger partial charge in [0.15, 0.2) is 0 Å². The predicted molar refractivity (Wildman–Crippen MR) is 150 cm³/mol. The first-order valence-electron chi connectivity index (χ1n) is 13.2. The van der Waals surface area contributed by atoms with Crippen LogP contribution in [0.5, 0.6) is 0 Å². The molecule has 1 N–H and O–H groups in total. The number of aliphatic hydroxyl groups excluding tert-OH is 1. The molecule has 4 rings (SSSR count). The summed E-state index contributed by atoms with van der Waals surface area (Å²) in [4.78, 5) is 47.0. The smallest absolute Gasteiger partial charge is 0.253 e. The van der Waals surface area contributed by atoms with E-state index in [0.29, 0.717) is 32.4 Å². The van der Waals surface area contributed by atoms with E-state index in [0.717, 1.165) is 16.8 Å². The monoisotopic (exact) mass is 587 g/mol. The van der Waals surface area contributed by atoms with E-state index < -0.39 is 29.6 Å². The molecular formula is C29H38BrN3O5. The van der Waals surface area contributed by atoms with E-state index in [2.05, 4.69) is 29.1 Å². The molecule has 6 atom stereocenters. The number of rotatable bonds is 11. The second-order valence-corrected chi connectivity index (χ2v) is 11.8. The third kappa shape index (κ3) is 4.62. The minimum absolute atomic E-state index is 0.00417. The first-order valence-corrected chi connectivity index (χ1v) is 14.1. The number of likely N-dealkylation sites (tertiary alicyclic amines) is 1. The van der Waals surface area contributed by atoms with E-state index in [1.807, 2.05) is 32.0 Å². The van der Waals surface area contributed by atoms with Crippen LogP contribution in [0, 0.1) is 25.7 Å². The number of nitrogens with zero attached hydrogens (tertiary/aromatic N) is 3. The van der Waals surface area contributed by atoms with Crippen molar-refractivity contribution in [1.29, 1.82) is 0 Å². The molecule has 3 aliphatic heterocycles. The summed E-state index contributed by atoms with van der Waals surface area (Å²) in [5.41, 5.74) is 1.59. The molecule has 3 fully saturated rings. The maximum Gasteiger partial charge on any atom is 0.253 e. The van der Waals surface area contributed by atoms with E-state index in [-0.39, 0.29) is 35.7 Å². The number of hydrogen-bond donors (Lipinski definition) is 1. The van der Waals surface area contributed by atoms with Gasteiger partial charge in [0.05, 0.1) is 17.9 Å². The highest BCUT2D eigenvalue weighted by molar-refractivity contribution is 9.09. The Morgan fingerprint density at radius 2 is 1.92 bits per heavy atom. The molecule has 0 aromatic heterocycles. The largest absolute Gasteiger partial charge is 0.396 e. The molecular weight excluding hydrogens is 550 g/mol. The number of likely N-dealkylation sites (N-methyl/N-ethyl adjacent to an activating group) is 1. The van der Waals surface area contributed by atoms with Gasteiger partial charge in [-0.05, 0) is 50.3 Å². The summed E-state index contributed by atoms with van der Waals surface area (Å²) >= 11 is 3.72. The summed E-state index contributed by atoms with van der Waals surface area (Å²) in [6.45, 7) is 12.5. The second-order valence-electron chi connectivity index (χ2n) is 10.7. The van der Waals surface area contributed by atoms with Crippen molar-refractivity contribution in [2.24, 2.45) is 11.8 Å². The quantitative estimate of drug-likeness (QED) is 0.244. The summed E-state index contributed by atoms with van der Waals surface area (Å²) in [7, 11) is 1.69. The van der Waals surface area contributed by atoms with Gasteiger partial charge in [-0.1, -0.05) is 40.2 Å². The van der Waals surface area contributed by atoms with Crippen molar-refractivity contribution in [3.63, 3.8) is 0 Å². The summed E-state index contributed by atoms with van der Waals surface area (Å²) in [5, 5.41) is 9.39. The highest BCUT2D eigenvalue weighted by atomic mass is 79.9. The number of aryl methyl sites for hydroxylation is 2. The van der Waals surface area contributed by atoms with Crippen molar-refractivity contribution >= 4 is 39.3 Å². The Morgan fingerprint density at radius 3 is 2.58 bits per heavy atom. The van der Waals surface area contributed by atoms with Gasteiger partial charge in [-0.25, -0.2) is 0 Å². The van der Waals surface area contributed by atoms with Crippen LogP contribution in [0.4, 0.5) is 5.69 Å². The number of anilines is 1. The summed E-state index contributed by atoms with van der Waals surface area (Å²) in [5.74, 6) is -2.11. The zero-order valence-electron chi connectivity index (χ0n) is 22.4. The van der Waals surface area contributed by atoms with Gasteiger partial charge in [-0.3, -0.25) is 14.4 Å². The van der Waals surface area contributed by atoms with Crippen molar-refractivity contribution < 1.29 is 24.2 Å². The van der Waals surface area contributed by atoms with Gasteiger partial charge in [-0.2, -0.15) is 0 Å². The van der Waals surface area contributed by atoms with Gasteiger partial charge in [-0.15, -0.1) is 13.2 Å². The predicted octanol–water partition coefficient (Wildman–Crippen LogP) is 2.99. The number of fused-ring (bicyclic) bond motifs is 1. The Kier molecular flexibility index (Phi) is 8.49. The van der Waals surface area contributed by atoms with Crippen LogP contribution in [-0.2, 0) is 19.1 Å². The fraction of sp³-hybridized carbons (Fsp3) is 0.552. The normalized spacial score (nSPS) is 29.3. The zero-order chi connectivity index (χ0) is 27.8. The van der Waals surface area contributed by atoms with Crippen molar-refractivity contribution in [2.45, 2.75) is 55.7 Å². The Morgan fingerprint density at radius 1 is 1.21 bits per heavy atom. The lowest BCUT2D eigenvalue weighted by Gasteiger charge is -2.37. The van der Waals surface area contributed by atoms with E-state index in [9.17, 15) is 19.5 Å². The van der Waals surface area contributed by atoms with E-state index in [1.165, 1.54) is 0 Å². The lowest BCUT2D eigenvalue weighted by atomic mass is 9.70. The molecule has 3 aliphatic rings. The number of carbonyl (C=O) groups is 3. The molecule has 8 nitrogen and oxygen atoms in total. The van der Waals surface area contributed by atoms with Crippen molar-refractivity contribution in [3.05, 3.63) is 54.6 Å². The van der Waals surface area contributed by atoms with E-state index >= 15 is 0 Å². The number of hydrogen-bond acceptors (Lipinski definition) is 5. The maximum absolute atomic E-state index is 14.6. The molecule has 1 aromatic carbocycles. The van der Waals surface area contributed by atoms with Crippen LogP contribution in [0.25, 0.3) is 0 Å². The summed E-state index contributed by atoms with van der Waals surface area (Å²) < 4.78 is 6.61. The van der Waals surface area contributed by atoms with Gasteiger partial charge in [0.2, 0.25) is 11.8 Å². The van der Waals surface area contributed by atoms with E-state index in [4.69, 9.17) is 4.74 Å². The van der Waals surface area contributed by atoms with Crippen LogP contribution in [0.3, 0.4) is 0 Å². The number of unbranched alkanes of at least 4 members (excludes halogenated alkanes) is 1. The Bertz CT molecular complexity index is 1130. The highest BCUT2D eigenvalue weighted by Crippen LogP contribution is 2.60. The topological polar surface area (TPSA) is 90.4 Å². The number of benzene rings is 1. The third-order valence-corrected chi connectivity index (χ3v) is 8.97. The average Bonchev–Trinajstić information content (AvgIpc) is 3.47. The molecule has 0 saturated carbocycles. The summed E-state index contributed by atoms with van der Waals surface area (Å²) in [6.07, 6.45) is 4.31. The standard InChI is InChI=1S/C29H38BrN3O5/c1-6-12-31(5)26(35)22-23-27(36)33(14-8-9-15-34)25(29(23)17-20(30)24(22)38-29)28(37)32(13-7-2)21-16-18(3)10-11-19(21)4/h6-7,10-11,16,20,22-25,34H,1-2,8-9,12-15,17H2,3-5H3/t20?,22-,23-,24-,25?,29?/m0/s1. The number of carbonyl (C=O) groups excluding carboxylic acids is 3. The number of ether oxygens (including phenoxy) is 1. The molecule has 38 heavy (non-hydrogen) atoms. The van der Waals surface area contributed by atoms with Gasteiger partial charge in [0.25, 0.3) is 5.91 Å². The SMILES string of the molecule is C=CCN(C)C(=O)[C@H]1[C@H]2C(=O)N(CCCCO)C(C(=O)N(CC=C)c3cc(C)ccc3C)C23CC(Br)[C@@H]1O3. The van der Waals surface area contributed by atoms with Gasteiger partial charge in [0.1, 0.15) is 11.6 Å². The first-order chi connectivity index (χ1) is 18.1. The Labute approximate surface area is 233 Å². The molecule has 2 bridgehead atoms. The highest BCUT2D eigenvalue weighted by Gasteiger charge is 2.76. The number of aliphatic hydroxyl groups is 1. The lowest BCUT2D eigenvalue weighted by molar-refractivity contribution is -0.144. The minimum atomic E-state index is -1.13. The molecule has 1 spiro atoms. The fourth-order valence-corrected chi connectivity index (χ4v) is 7.40. The molecule has 3 unspecified atom stereocenters. The molecule has 3 heterocycles. The van der Waals surface area contributed by atoms with Crippen LogP contribution in [-0.4, -0.2) is 88.5 Å². The van der Waals surface area contributed by atoms with Crippen molar-refractivity contribution in [3.8, 4) is 0 Å². The number of amides is 3. The van der Waals surface area contributed by atoms with Crippen molar-refractivity contribution in [2.75, 3.05) is 38.2 Å². The molecule has 0 aliphatic carbocycles. The Hall–Kier alpha value is -2.49. The Balaban J connectivity index is 1.80. The molecule has 0 radical (unpaired) electrons. The molecule has 3 saturated heterocycles. The summed E-state index contributed by atoms with van der Waals surface area (Å²) in [6, 6.07) is 5.04. The maximum atomic E-state index is 14.6. The van der Waals surface area contributed by atoms with Gasteiger partial charge < -0.3 is 24.5 Å².